The average Bonchev–Trinajstić information content (AvgIpc) is 2.94. The first-order valence-corrected chi connectivity index (χ1v) is 7.03. The molecule has 5 heteroatoms. The van der Waals surface area contributed by atoms with Crippen LogP contribution in [0.2, 0.25) is 0 Å². The van der Waals surface area contributed by atoms with Crippen LogP contribution in [0.1, 0.15) is 5.56 Å². The van der Waals surface area contributed by atoms with Gasteiger partial charge in [-0.3, -0.25) is 4.98 Å². The third kappa shape index (κ3) is 1.79. The molecule has 0 aliphatic rings. The summed E-state index contributed by atoms with van der Waals surface area (Å²) in [6, 6.07) is 12.3. The zero-order valence-corrected chi connectivity index (χ0v) is 12.1. The van der Waals surface area contributed by atoms with Crippen LogP contribution in [0.4, 0.5) is 11.8 Å². The minimum absolute atomic E-state index is 0.305. The lowest BCUT2D eigenvalue weighted by Crippen LogP contribution is -2.01. The zero-order valence-electron chi connectivity index (χ0n) is 12.1. The van der Waals surface area contributed by atoms with Gasteiger partial charge in [0.15, 0.2) is 5.95 Å². The van der Waals surface area contributed by atoms with Crippen LogP contribution < -0.4 is 11.5 Å². The zero-order chi connectivity index (χ0) is 15.3. The van der Waals surface area contributed by atoms with E-state index in [-0.39, 0.29) is 0 Å². The molecule has 0 fully saturated rings. The Bertz CT molecular complexity index is 1020. The highest BCUT2D eigenvalue weighted by molar-refractivity contribution is 6.15. The molecule has 0 atom stereocenters. The Morgan fingerprint density at radius 1 is 1.09 bits per heavy atom. The van der Waals surface area contributed by atoms with Gasteiger partial charge in [-0.25, -0.2) is 0 Å². The normalized spacial score (nSPS) is 11.3. The van der Waals surface area contributed by atoms with Crippen LogP contribution in [0.3, 0.4) is 0 Å². The SMILES string of the molecule is Cc1cccc(-c2cc3[nH]c(N)nc(N)c3c3ccnc23)c1. The van der Waals surface area contributed by atoms with Crippen molar-refractivity contribution < 1.29 is 0 Å². The molecule has 5 N–H and O–H groups in total. The Morgan fingerprint density at radius 3 is 2.77 bits per heavy atom. The van der Waals surface area contributed by atoms with Crippen molar-refractivity contribution in [1.29, 1.82) is 0 Å². The van der Waals surface area contributed by atoms with Crippen molar-refractivity contribution in [2.45, 2.75) is 6.92 Å². The summed E-state index contributed by atoms with van der Waals surface area (Å²) in [6.07, 6.45) is 1.79. The summed E-state index contributed by atoms with van der Waals surface area (Å²) in [4.78, 5) is 11.7. The summed E-state index contributed by atoms with van der Waals surface area (Å²) >= 11 is 0. The summed E-state index contributed by atoms with van der Waals surface area (Å²) in [5.41, 5.74) is 17.0. The topological polar surface area (TPSA) is 93.6 Å². The Labute approximate surface area is 127 Å². The van der Waals surface area contributed by atoms with Gasteiger partial charge < -0.3 is 16.5 Å². The number of aromatic amines is 1. The monoisotopic (exact) mass is 289 g/mol. The number of anilines is 2. The van der Waals surface area contributed by atoms with Crippen LogP contribution in [0, 0.1) is 6.92 Å². The fraction of sp³-hybridized carbons (Fsp3) is 0.0588. The van der Waals surface area contributed by atoms with Crippen LogP contribution in [-0.2, 0) is 0 Å². The predicted molar refractivity (Wildman–Crippen MR) is 90.4 cm³/mol. The Hall–Kier alpha value is -3.08. The Morgan fingerprint density at radius 2 is 1.95 bits per heavy atom. The molecule has 4 aromatic rings. The molecule has 0 aliphatic heterocycles. The molecule has 4 rings (SSSR count). The number of aromatic nitrogens is 3. The van der Waals surface area contributed by atoms with E-state index in [2.05, 4.69) is 40.1 Å². The molecule has 0 amide bonds. The minimum Gasteiger partial charge on any atom is -0.383 e. The average molecular weight is 289 g/mol. The number of nitrogens with two attached hydrogens (primary N) is 2. The maximum Gasteiger partial charge on any atom is 0.199 e. The van der Waals surface area contributed by atoms with Gasteiger partial charge in [0.2, 0.25) is 0 Å². The molecule has 2 heterocycles. The van der Waals surface area contributed by atoms with Crippen molar-refractivity contribution in [3.05, 3.63) is 48.2 Å². The molecule has 2 aromatic carbocycles. The number of H-pyrrole nitrogens is 1. The van der Waals surface area contributed by atoms with Crippen molar-refractivity contribution in [3.8, 4) is 11.1 Å². The van der Waals surface area contributed by atoms with Crippen molar-refractivity contribution in [2.24, 2.45) is 0 Å². The van der Waals surface area contributed by atoms with E-state index in [9.17, 15) is 0 Å². The molecule has 0 unspecified atom stereocenters. The Kier molecular flexibility index (Phi) is 2.56. The summed E-state index contributed by atoms with van der Waals surface area (Å²) in [6.45, 7) is 2.08. The third-order valence-corrected chi connectivity index (χ3v) is 3.87. The van der Waals surface area contributed by atoms with Gasteiger partial charge in [-0.2, -0.15) is 4.98 Å². The molecular formula is C17H15N5. The standard InChI is InChI=1S/C17H15N5/c1-9-3-2-4-10(7-9)12-8-13-14(11-5-6-20-15(11)12)16(18)22-17(19)21-13/h2-8H,18H2,1H3,(H3,19,21,22). The first kappa shape index (κ1) is 12.6. The van der Waals surface area contributed by atoms with Crippen LogP contribution in [0.15, 0.2) is 42.6 Å². The summed E-state index contributed by atoms with van der Waals surface area (Å²) < 4.78 is 0. The molecule has 5 nitrogen and oxygen atoms in total. The smallest absolute Gasteiger partial charge is 0.199 e. The summed E-state index contributed by atoms with van der Waals surface area (Å²) in [5, 5.41) is 1.84. The summed E-state index contributed by atoms with van der Waals surface area (Å²) in [5.74, 6) is 0.721. The van der Waals surface area contributed by atoms with E-state index in [1.807, 2.05) is 18.2 Å². The van der Waals surface area contributed by atoms with Gasteiger partial charge in [-0.15, -0.1) is 0 Å². The lowest BCUT2D eigenvalue weighted by atomic mass is 9.99. The number of nitrogen functional groups attached to an aromatic ring is 2. The van der Waals surface area contributed by atoms with Crippen LogP contribution in [0.5, 0.6) is 0 Å². The number of benzene rings is 2. The highest BCUT2D eigenvalue weighted by Crippen LogP contribution is 2.35. The van der Waals surface area contributed by atoms with E-state index in [0.717, 1.165) is 32.9 Å². The maximum absolute atomic E-state index is 6.06. The second-order valence-electron chi connectivity index (χ2n) is 5.43. The minimum atomic E-state index is 0.305. The molecule has 0 radical (unpaired) electrons. The molecule has 0 spiro atoms. The van der Waals surface area contributed by atoms with E-state index in [1.165, 1.54) is 5.56 Å². The van der Waals surface area contributed by atoms with E-state index in [4.69, 9.17) is 11.5 Å². The third-order valence-electron chi connectivity index (χ3n) is 3.87. The number of hydrogen-bond acceptors (Lipinski definition) is 4. The lowest BCUT2D eigenvalue weighted by Gasteiger charge is -2.10. The number of rotatable bonds is 1. The van der Waals surface area contributed by atoms with Gasteiger partial charge in [0.25, 0.3) is 0 Å². The number of fused-ring (bicyclic) bond motifs is 3. The van der Waals surface area contributed by atoms with E-state index >= 15 is 0 Å². The van der Waals surface area contributed by atoms with Gasteiger partial charge in [0.05, 0.1) is 11.0 Å². The van der Waals surface area contributed by atoms with Crippen molar-refractivity contribution in [2.75, 3.05) is 11.5 Å². The van der Waals surface area contributed by atoms with Gasteiger partial charge in [0, 0.05) is 22.5 Å². The largest absolute Gasteiger partial charge is 0.383 e. The van der Waals surface area contributed by atoms with Crippen molar-refractivity contribution in [3.63, 3.8) is 0 Å². The Balaban J connectivity index is 2.16. The molecule has 0 aliphatic carbocycles. The molecule has 0 bridgehead atoms. The number of nitrogens with zero attached hydrogens (tertiary/aromatic N) is 2. The van der Waals surface area contributed by atoms with E-state index in [0.29, 0.717) is 11.8 Å². The van der Waals surface area contributed by atoms with Crippen LogP contribution in [0.25, 0.3) is 32.9 Å². The lowest BCUT2D eigenvalue weighted by molar-refractivity contribution is 1.25. The number of aryl methyl sites for hydroxylation is 1. The molecule has 0 saturated heterocycles. The van der Waals surface area contributed by atoms with Gasteiger partial charge in [0.1, 0.15) is 5.82 Å². The van der Waals surface area contributed by atoms with Crippen LogP contribution >= 0.6 is 0 Å². The number of hydrogen-bond donors (Lipinski definition) is 3. The maximum atomic E-state index is 6.06. The van der Waals surface area contributed by atoms with E-state index < -0.39 is 0 Å². The highest BCUT2D eigenvalue weighted by Gasteiger charge is 2.13. The first-order valence-electron chi connectivity index (χ1n) is 7.03. The summed E-state index contributed by atoms with van der Waals surface area (Å²) in [7, 11) is 0. The molecular weight excluding hydrogens is 274 g/mol. The molecule has 108 valence electrons. The van der Waals surface area contributed by atoms with Gasteiger partial charge >= 0.3 is 0 Å². The fourth-order valence-electron chi connectivity index (χ4n) is 2.94. The number of nitrogens with one attached hydrogen (secondary N) is 1. The van der Waals surface area contributed by atoms with E-state index in [1.54, 1.807) is 6.20 Å². The fourth-order valence-corrected chi connectivity index (χ4v) is 2.94. The highest BCUT2D eigenvalue weighted by atomic mass is 15.0. The van der Waals surface area contributed by atoms with Crippen molar-refractivity contribution in [1.82, 2.24) is 15.0 Å². The van der Waals surface area contributed by atoms with Crippen molar-refractivity contribution >= 4 is 33.6 Å². The molecule has 2 aromatic heterocycles. The van der Waals surface area contributed by atoms with Gasteiger partial charge in [-0.05, 0) is 24.6 Å². The first-order chi connectivity index (χ1) is 10.6. The molecule has 0 saturated carbocycles. The second kappa shape index (κ2) is 4.46. The second-order valence-corrected chi connectivity index (χ2v) is 5.43. The predicted octanol–water partition coefficient (Wildman–Crippen LogP) is 3.25. The van der Waals surface area contributed by atoms with Gasteiger partial charge in [-0.1, -0.05) is 29.8 Å². The quantitative estimate of drug-likeness (QED) is 0.501. The van der Waals surface area contributed by atoms with Crippen LogP contribution in [-0.4, -0.2) is 15.0 Å². The molecule has 22 heavy (non-hydrogen) atoms.